The van der Waals surface area contributed by atoms with Crippen LogP contribution in [0.15, 0.2) is 48.5 Å². The van der Waals surface area contributed by atoms with Crippen LogP contribution in [0.25, 0.3) is 10.2 Å². The van der Waals surface area contributed by atoms with E-state index in [1.165, 1.54) is 28.4 Å². The van der Waals surface area contributed by atoms with Crippen molar-refractivity contribution in [3.05, 3.63) is 59.9 Å². The Morgan fingerprint density at radius 1 is 1.19 bits per heavy atom. The fourth-order valence-electron chi connectivity index (χ4n) is 3.22. The van der Waals surface area contributed by atoms with Crippen molar-refractivity contribution < 1.29 is 18.8 Å². The SMILES string of the molecule is O=C(c1cccc(F)c1)N(CC[NH+]1CCOCC1)c1nc2ccccc2s1. The molecular weight excluding hydrogens is 365 g/mol. The summed E-state index contributed by atoms with van der Waals surface area (Å²) < 4.78 is 20.1. The topological polar surface area (TPSA) is 46.9 Å². The van der Waals surface area contributed by atoms with Gasteiger partial charge in [-0.3, -0.25) is 9.69 Å². The van der Waals surface area contributed by atoms with Gasteiger partial charge in [-0.15, -0.1) is 0 Å². The lowest BCUT2D eigenvalue weighted by molar-refractivity contribution is -0.906. The lowest BCUT2D eigenvalue weighted by Crippen LogP contribution is -3.14. The summed E-state index contributed by atoms with van der Waals surface area (Å²) in [6, 6.07) is 13.7. The van der Waals surface area contributed by atoms with Crippen LogP contribution in [0, 0.1) is 5.82 Å². The zero-order valence-electron chi connectivity index (χ0n) is 14.9. The van der Waals surface area contributed by atoms with Gasteiger partial charge in [-0.2, -0.15) is 0 Å². The molecule has 1 aromatic heterocycles. The van der Waals surface area contributed by atoms with Gasteiger partial charge in [-0.05, 0) is 30.3 Å². The number of aromatic nitrogens is 1. The number of para-hydroxylation sites is 1. The molecule has 4 rings (SSSR count). The average Bonchev–Trinajstić information content (AvgIpc) is 3.12. The van der Waals surface area contributed by atoms with Crippen LogP contribution in [-0.4, -0.2) is 50.3 Å². The Morgan fingerprint density at radius 3 is 2.78 bits per heavy atom. The Balaban J connectivity index is 1.62. The van der Waals surface area contributed by atoms with Gasteiger partial charge >= 0.3 is 0 Å². The van der Waals surface area contributed by atoms with Gasteiger partial charge in [0.05, 0.1) is 36.5 Å². The van der Waals surface area contributed by atoms with Gasteiger partial charge in [0.15, 0.2) is 5.13 Å². The maximum absolute atomic E-state index is 13.6. The third-order valence-corrected chi connectivity index (χ3v) is 5.78. The number of nitrogens with one attached hydrogen (secondary N) is 1. The summed E-state index contributed by atoms with van der Waals surface area (Å²) in [7, 11) is 0. The number of amides is 1. The molecular formula is C20H21FN3O2S+. The van der Waals surface area contributed by atoms with Gasteiger partial charge < -0.3 is 9.64 Å². The van der Waals surface area contributed by atoms with E-state index >= 15 is 0 Å². The van der Waals surface area contributed by atoms with Crippen LogP contribution in [0.3, 0.4) is 0 Å². The van der Waals surface area contributed by atoms with Crippen molar-refractivity contribution >= 4 is 32.6 Å². The predicted molar refractivity (Wildman–Crippen MR) is 104 cm³/mol. The quantitative estimate of drug-likeness (QED) is 0.730. The molecule has 5 nitrogen and oxygen atoms in total. The second-order valence-corrected chi connectivity index (χ2v) is 7.55. The number of quaternary nitrogens is 1. The zero-order valence-corrected chi connectivity index (χ0v) is 15.7. The van der Waals surface area contributed by atoms with Crippen molar-refractivity contribution in [3.8, 4) is 0 Å². The van der Waals surface area contributed by atoms with E-state index < -0.39 is 5.82 Å². The fraction of sp³-hybridized carbons (Fsp3) is 0.300. The molecule has 3 aromatic rings. The molecule has 2 heterocycles. The highest BCUT2D eigenvalue weighted by atomic mass is 32.1. The number of rotatable bonds is 5. The highest BCUT2D eigenvalue weighted by Crippen LogP contribution is 2.29. The van der Waals surface area contributed by atoms with Gasteiger partial charge in [0.2, 0.25) is 0 Å². The van der Waals surface area contributed by atoms with Crippen molar-refractivity contribution in [2.24, 2.45) is 0 Å². The van der Waals surface area contributed by atoms with E-state index in [1.807, 2.05) is 24.3 Å². The third kappa shape index (κ3) is 4.16. The molecule has 1 aliphatic heterocycles. The Kier molecular flexibility index (Phi) is 5.42. The van der Waals surface area contributed by atoms with Crippen LogP contribution in [-0.2, 0) is 4.74 Å². The second kappa shape index (κ2) is 8.12. The lowest BCUT2D eigenvalue weighted by Gasteiger charge is -2.27. The number of ether oxygens (including phenoxy) is 1. The first-order valence-electron chi connectivity index (χ1n) is 9.05. The molecule has 1 fully saturated rings. The Hall–Kier alpha value is -2.35. The number of hydrogen-bond acceptors (Lipinski definition) is 4. The minimum absolute atomic E-state index is 0.221. The van der Waals surface area contributed by atoms with Crippen LogP contribution in [0.1, 0.15) is 10.4 Å². The smallest absolute Gasteiger partial charge is 0.260 e. The highest BCUT2D eigenvalue weighted by Gasteiger charge is 2.24. The Bertz CT molecular complexity index is 907. The number of benzene rings is 2. The number of morpholine rings is 1. The molecule has 27 heavy (non-hydrogen) atoms. The minimum atomic E-state index is -0.413. The maximum Gasteiger partial charge on any atom is 0.260 e. The molecule has 1 aliphatic rings. The molecule has 0 radical (unpaired) electrons. The predicted octanol–water partition coefficient (Wildman–Crippen LogP) is 2.00. The van der Waals surface area contributed by atoms with Crippen molar-refractivity contribution in [2.45, 2.75) is 0 Å². The number of halogens is 1. The van der Waals surface area contributed by atoms with Gasteiger partial charge in [-0.25, -0.2) is 9.37 Å². The van der Waals surface area contributed by atoms with E-state index in [0.717, 1.165) is 43.1 Å². The summed E-state index contributed by atoms with van der Waals surface area (Å²) in [6.45, 7) is 4.69. The first kappa shape index (κ1) is 18.0. The van der Waals surface area contributed by atoms with Crippen LogP contribution >= 0.6 is 11.3 Å². The molecule has 1 saturated heterocycles. The van der Waals surface area contributed by atoms with Crippen LogP contribution < -0.4 is 9.80 Å². The summed E-state index contributed by atoms with van der Waals surface area (Å²) in [5.74, 6) is -0.634. The minimum Gasteiger partial charge on any atom is -0.370 e. The zero-order chi connectivity index (χ0) is 18.6. The average molecular weight is 386 g/mol. The summed E-state index contributed by atoms with van der Waals surface area (Å²) >= 11 is 1.49. The van der Waals surface area contributed by atoms with E-state index in [0.29, 0.717) is 17.2 Å². The second-order valence-electron chi connectivity index (χ2n) is 6.54. The number of carbonyl (C=O) groups excluding carboxylic acids is 1. The first-order valence-corrected chi connectivity index (χ1v) is 9.87. The van der Waals surface area contributed by atoms with E-state index in [9.17, 15) is 9.18 Å². The highest BCUT2D eigenvalue weighted by molar-refractivity contribution is 7.22. The number of hydrogen-bond donors (Lipinski definition) is 1. The molecule has 1 amide bonds. The Labute approximate surface area is 161 Å². The monoisotopic (exact) mass is 386 g/mol. The van der Waals surface area contributed by atoms with Crippen LogP contribution in [0.4, 0.5) is 9.52 Å². The van der Waals surface area contributed by atoms with E-state index in [4.69, 9.17) is 4.74 Å². The molecule has 0 bridgehead atoms. The summed E-state index contributed by atoms with van der Waals surface area (Å²) in [5.41, 5.74) is 1.21. The summed E-state index contributed by atoms with van der Waals surface area (Å²) in [5, 5.41) is 0.651. The summed E-state index contributed by atoms with van der Waals surface area (Å²) in [6.07, 6.45) is 0. The number of fused-ring (bicyclic) bond motifs is 1. The molecule has 0 unspecified atom stereocenters. The van der Waals surface area contributed by atoms with E-state index in [1.54, 1.807) is 17.0 Å². The standard InChI is InChI=1S/C20H20FN3O2S/c21-16-5-3-4-15(14-16)19(25)24(9-8-23-10-12-26-13-11-23)20-22-17-6-1-2-7-18(17)27-20/h1-7,14H,8-13H2/p+1. The van der Waals surface area contributed by atoms with Gasteiger partial charge in [0.1, 0.15) is 18.9 Å². The number of carbonyl (C=O) groups is 1. The van der Waals surface area contributed by atoms with Crippen molar-refractivity contribution in [2.75, 3.05) is 44.3 Å². The maximum atomic E-state index is 13.6. The fourth-order valence-corrected chi connectivity index (χ4v) is 4.21. The van der Waals surface area contributed by atoms with Crippen molar-refractivity contribution in [3.63, 3.8) is 0 Å². The molecule has 140 valence electrons. The number of nitrogens with zero attached hydrogens (tertiary/aromatic N) is 2. The van der Waals surface area contributed by atoms with Gasteiger partial charge in [0.25, 0.3) is 5.91 Å². The molecule has 0 saturated carbocycles. The third-order valence-electron chi connectivity index (χ3n) is 4.72. The normalized spacial score (nSPS) is 15.1. The number of thiazole rings is 1. The van der Waals surface area contributed by atoms with E-state index in [2.05, 4.69) is 4.98 Å². The molecule has 1 N–H and O–H groups in total. The van der Waals surface area contributed by atoms with Crippen molar-refractivity contribution in [1.82, 2.24) is 4.98 Å². The molecule has 2 aromatic carbocycles. The van der Waals surface area contributed by atoms with Gasteiger partial charge in [-0.1, -0.05) is 29.5 Å². The molecule has 0 aliphatic carbocycles. The lowest BCUT2D eigenvalue weighted by atomic mass is 10.2. The van der Waals surface area contributed by atoms with Crippen LogP contribution in [0.5, 0.6) is 0 Å². The Morgan fingerprint density at radius 2 is 2.00 bits per heavy atom. The van der Waals surface area contributed by atoms with E-state index in [-0.39, 0.29) is 5.91 Å². The molecule has 7 heteroatoms. The van der Waals surface area contributed by atoms with Crippen molar-refractivity contribution in [1.29, 1.82) is 0 Å². The molecule has 0 spiro atoms. The summed E-state index contributed by atoms with van der Waals surface area (Å²) in [4.78, 5) is 20.9. The number of anilines is 1. The van der Waals surface area contributed by atoms with Crippen LogP contribution in [0.2, 0.25) is 0 Å². The molecule has 0 atom stereocenters. The largest absolute Gasteiger partial charge is 0.370 e. The first-order chi connectivity index (χ1) is 13.2. The van der Waals surface area contributed by atoms with Gasteiger partial charge in [0, 0.05) is 5.56 Å².